The third-order valence-electron chi connectivity index (χ3n) is 4.18. The van der Waals surface area contributed by atoms with Crippen molar-refractivity contribution in [1.29, 1.82) is 0 Å². The van der Waals surface area contributed by atoms with Gasteiger partial charge in [0, 0.05) is 22.8 Å². The van der Waals surface area contributed by atoms with Crippen molar-refractivity contribution in [2.45, 2.75) is 30.7 Å². The fourth-order valence-electron chi connectivity index (χ4n) is 2.74. The van der Waals surface area contributed by atoms with Crippen molar-refractivity contribution in [3.8, 4) is 11.5 Å². The molecule has 1 heterocycles. The van der Waals surface area contributed by atoms with Crippen molar-refractivity contribution in [2.24, 2.45) is 5.10 Å². The monoisotopic (exact) mass is 430 g/mol. The lowest BCUT2D eigenvalue weighted by atomic mass is 10.2. The molecule has 1 aromatic heterocycles. The van der Waals surface area contributed by atoms with Crippen LogP contribution in [0.2, 0.25) is 5.02 Å². The van der Waals surface area contributed by atoms with Crippen LogP contribution in [0.3, 0.4) is 0 Å². The van der Waals surface area contributed by atoms with Crippen LogP contribution in [0.4, 0.5) is 0 Å². The number of para-hydroxylation sites is 1. The number of aromatic nitrogens is 3. The third-order valence-corrected chi connectivity index (χ3v) is 5.42. The minimum absolute atomic E-state index is 0.638. The lowest BCUT2D eigenvalue weighted by Gasteiger charge is -2.10. The molecule has 0 saturated carbocycles. The van der Waals surface area contributed by atoms with Gasteiger partial charge in [-0.05, 0) is 36.2 Å². The van der Waals surface area contributed by atoms with Gasteiger partial charge in [0.25, 0.3) is 0 Å². The Kier molecular flexibility index (Phi) is 7.55. The van der Waals surface area contributed by atoms with E-state index in [0.29, 0.717) is 11.5 Å². The van der Waals surface area contributed by atoms with E-state index in [2.05, 4.69) is 22.2 Å². The van der Waals surface area contributed by atoms with Crippen LogP contribution in [-0.4, -0.2) is 35.3 Å². The molecule has 0 spiro atoms. The second-order valence-corrected chi connectivity index (χ2v) is 7.58. The molecule has 0 aliphatic rings. The zero-order chi connectivity index (χ0) is 20.6. The minimum atomic E-state index is 0.638. The summed E-state index contributed by atoms with van der Waals surface area (Å²) in [6.45, 7) is 2.11. The fraction of sp³-hybridized carbons (Fsp3) is 0.286. The molecule has 152 valence electrons. The van der Waals surface area contributed by atoms with Crippen LogP contribution >= 0.6 is 23.4 Å². The van der Waals surface area contributed by atoms with E-state index in [1.54, 1.807) is 36.9 Å². The molecule has 0 unspecified atom stereocenters. The van der Waals surface area contributed by atoms with Crippen LogP contribution in [0.15, 0.2) is 52.7 Å². The zero-order valence-electron chi connectivity index (χ0n) is 16.6. The maximum atomic E-state index is 5.97. The third kappa shape index (κ3) is 5.31. The van der Waals surface area contributed by atoms with Gasteiger partial charge in [-0.15, -0.1) is 10.2 Å². The SMILES string of the molecule is CCCc1nnc(SCc2ccc(Cl)cc2)n1/N=C\c1cccc(OC)c1OC. The molecule has 0 aliphatic carbocycles. The van der Waals surface area contributed by atoms with Crippen LogP contribution in [0.5, 0.6) is 11.5 Å². The quantitative estimate of drug-likeness (QED) is 0.350. The summed E-state index contributed by atoms with van der Waals surface area (Å²) < 4.78 is 12.6. The first-order chi connectivity index (χ1) is 14.2. The molecule has 3 aromatic rings. The van der Waals surface area contributed by atoms with Gasteiger partial charge < -0.3 is 9.47 Å². The maximum Gasteiger partial charge on any atom is 0.212 e. The van der Waals surface area contributed by atoms with Gasteiger partial charge in [0.1, 0.15) is 0 Å². The lowest BCUT2D eigenvalue weighted by Crippen LogP contribution is -2.01. The number of rotatable bonds is 9. The molecule has 3 rings (SSSR count). The smallest absolute Gasteiger partial charge is 0.212 e. The van der Waals surface area contributed by atoms with Gasteiger partial charge in [-0.3, -0.25) is 0 Å². The first kappa shape index (κ1) is 21.2. The molecule has 0 radical (unpaired) electrons. The van der Waals surface area contributed by atoms with E-state index < -0.39 is 0 Å². The summed E-state index contributed by atoms with van der Waals surface area (Å²) in [7, 11) is 3.23. The molecule has 2 aromatic carbocycles. The summed E-state index contributed by atoms with van der Waals surface area (Å²) in [5.74, 6) is 2.87. The summed E-state index contributed by atoms with van der Waals surface area (Å²) in [6.07, 6.45) is 3.50. The van der Waals surface area contributed by atoms with Crippen molar-refractivity contribution >= 4 is 29.6 Å². The van der Waals surface area contributed by atoms with Crippen LogP contribution in [0.1, 0.15) is 30.3 Å². The van der Waals surface area contributed by atoms with Crippen LogP contribution < -0.4 is 9.47 Å². The van der Waals surface area contributed by atoms with E-state index >= 15 is 0 Å². The lowest BCUT2D eigenvalue weighted by molar-refractivity contribution is 0.354. The van der Waals surface area contributed by atoms with E-state index in [1.165, 1.54) is 0 Å². The highest BCUT2D eigenvalue weighted by Gasteiger charge is 2.13. The highest BCUT2D eigenvalue weighted by Crippen LogP contribution is 2.30. The predicted molar refractivity (Wildman–Crippen MR) is 118 cm³/mol. The van der Waals surface area contributed by atoms with Gasteiger partial charge in [0.15, 0.2) is 17.3 Å². The van der Waals surface area contributed by atoms with Crippen molar-refractivity contribution in [2.75, 3.05) is 14.2 Å². The number of methoxy groups -OCH3 is 2. The van der Waals surface area contributed by atoms with Crippen molar-refractivity contribution in [3.63, 3.8) is 0 Å². The number of thioether (sulfide) groups is 1. The second kappa shape index (κ2) is 10.3. The molecule has 6 nitrogen and oxygen atoms in total. The number of hydrogen-bond donors (Lipinski definition) is 0. The van der Waals surface area contributed by atoms with Gasteiger partial charge in [0.2, 0.25) is 5.16 Å². The Bertz CT molecular complexity index is 973. The first-order valence-corrected chi connectivity index (χ1v) is 10.6. The van der Waals surface area contributed by atoms with E-state index in [4.69, 9.17) is 21.1 Å². The second-order valence-electron chi connectivity index (χ2n) is 6.20. The average molecular weight is 431 g/mol. The number of halogens is 1. The summed E-state index contributed by atoms with van der Waals surface area (Å²) >= 11 is 7.55. The molecule has 0 amide bonds. The van der Waals surface area contributed by atoms with E-state index in [-0.39, 0.29) is 0 Å². The zero-order valence-corrected chi connectivity index (χ0v) is 18.2. The molecule has 29 heavy (non-hydrogen) atoms. The fourth-order valence-corrected chi connectivity index (χ4v) is 3.73. The summed E-state index contributed by atoms with van der Waals surface area (Å²) in [4.78, 5) is 0. The predicted octanol–water partition coefficient (Wildman–Crippen LogP) is 5.08. The number of hydrogen-bond acceptors (Lipinski definition) is 6. The van der Waals surface area contributed by atoms with Gasteiger partial charge in [-0.2, -0.15) is 9.78 Å². The van der Waals surface area contributed by atoms with E-state index in [9.17, 15) is 0 Å². The Morgan fingerprint density at radius 1 is 1.10 bits per heavy atom. The van der Waals surface area contributed by atoms with Crippen molar-refractivity contribution < 1.29 is 9.47 Å². The average Bonchev–Trinajstić information content (AvgIpc) is 3.13. The normalized spacial score (nSPS) is 11.2. The Morgan fingerprint density at radius 3 is 2.59 bits per heavy atom. The molecular formula is C21H23ClN4O2S. The highest BCUT2D eigenvalue weighted by molar-refractivity contribution is 7.98. The molecular weight excluding hydrogens is 408 g/mol. The van der Waals surface area contributed by atoms with Crippen molar-refractivity contribution in [3.05, 3.63) is 64.4 Å². The number of benzene rings is 2. The molecule has 0 atom stereocenters. The number of nitrogens with zero attached hydrogens (tertiary/aromatic N) is 4. The van der Waals surface area contributed by atoms with Crippen molar-refractivity contribution in [1.82, 2.24) is 14.9 Å². The Labute approximate surface area is 179 Å². The summed E-state index contributed by atoms with van der Waals surface area (Å²) in [6, 6.07) is 13.5. The van der Waals surface area contributed by atoms with E-state index in [0.717, 1.165) is 45.7 Å². The topological polar surface area (TPSA) is 61.5 Å². The molecule has 0 aliphatic heterocycles. The minimum Gasteiger partial charge on any atom is -0.493 e. The van der Waals surface area contributed by atoms with Gasteiger partial charge in [-0.25, -0.2) is 0 Å². The van der Waals surface area contributed by atoms with Crippen LogP contribution in [0.25, 0.3) is 0 Å². The largest absolute Gasteiger partial charge is 0.493 e. The van der Waals surface area contributed by atoms with E-state index in [1.807, 2.05) is 42.5 Å². The summed E-state index contributed by atoms with van der Waals surface area (Å²) in [5.41, 5.74) is 1.97. The number of ether oxygens (including phenoxy) is 2. The van der Waals surface area contributed by atoms with Gasteiger partial charge in [-0.1, -0.05) is 48.5 Å². The van der Waals surface area contributed by atoms with Crippen LogP contribution in [-0.2, 0) is 12.2 Å². The first-order valence-electron chi connectivity index (χ1n) is 9.23. The van der Waals surface area contributed by atoms with Crippen LogP contribution in [0, 0.1) is 0 Å². The molecule has 0 saturated heterocycles. The Balaban J connectivity index is 1.86. The van der Waals surface area contributed by atoms with Gasteiger partial charge >= 0.3 is 0 Å². The highest BCUT2D eigenvalue weighted by atomic mass is 35.5. The Morgan fingerprint density at radius 2 is 1.90 bits per heavy atom. The standard InChI is InChI=1S/C21H23ClN4O2S/c1-4-6-19-24-25-21(29-14-15-9-11-17(22)12-10-15)26(19)23-13-16-7-5-8-18(27-2)20(16)28-3/h5,7-13H,4,6,14H2,1-3H3/b23-13-. The molecule has 0 N–H and O–H groups in total. The number of aryl methyl sites for hydroxylation is 1. The maximum absolute atomic E-state index is 5.97. The molecule has 8 heteroatoms. The summed E-state index contributed by atoms with van der Waals surface area (Å²) in [5, 5.41) is 14.8. The Hall–Kier alpha value is -2.51. The molecule has 0 fully saturated rings. The molecule has 0 bridgehead atoms. The van der Waals surface area contributed by atoms with Gasteiger partial charge in [0.05, 0.1) is 20.4 Å².